The van der Waals surface area contributed by atoms with Crippen LogP contribution >= 0.6 is 12.2 Å². The summed E-state index contributed by atoms with van der Waals surface area (Å²) in [7, 11) is 0. The van der Waals surface area contributed by atoms with E-state index in [1.807, 2.05) is 9.80 Å². The Bertz CT molecular complexity index is 474. The predicted molar refractivity (Wildman–Crippen MR) is 83.6 cm³/mol. The van der Waals surface area contributed by atoms with Crippen molar-refractivity contribution in [3.8, 4) is 0 Å². The van der Waals surface area contributed by atoms with Crippen LogP contribution in [0.5, 0.6) is 0 Å². The molecule has 2 heterocycles. The zero-order valence-corrected chi connectivity index (χ0v) is 13.2. The number of thiocarbonyl (C=S) groups is 1. The minimum atomic E-state index is -0.627. The van der Waals surface area contributed by atoms with Gasteiger partial charge in [-0.3, -0.25) is 9.59 Å². The van der Waals surface area contributed by atoms with Gasteiger partial charge in [-0.1, -0.05) is 31.5 Å². The molecular weight excluding hydrogens is 286 g/mol. The molecule has 0 bridgehead atoms. The van der Waals surface area contributed by atoms with E-state index < -0.39 is 5.41 Å². The Balaban J connectivity index is 1.75. The van der Waals surface area contributed by atoms with E-state index in [0.717, 1.165) is 38.5 Å². The molecule has 2 N–H and O–H groups in total. The normalized spacial score (nSPS) is 28.4. The summed E-state index contributed by atoms with van der Waals surface area (Å²) < 4.78 is 0. The summed E-state index contributed by atoms with van der Waals surface area (Å²) in [6.07, 6.45) is 6.24. The van der Waals surface area contributed by atoms with E-state index in [1.165, 1.54) is 0 Å². The van der Waals surface area contributed by atoms with Crippen LogP contribution in [-0.2, 0) is 9.59 Å². The third kappa shape index (κ3) is 2.43. The predicted octanol–water partition coefficient (Wildman–Crippen LogP) is 1.06. The third-order valence-corrected chi connectivity index (χ3v) is 5.76. The van der Waals surface area contributed by atoms with Gasteiger partial charge in [0.25, 0.3) is 0 Å². The fourth-order valence-corrected chi connectivity index (χ4v) is 4.36. The highest BCUT2D eigenvalue weighted by molar-refractivity contribution is 7.80. The molecule has 6 heteroatoms. The largest absolute Gasteiger partial charge is 0.392 e. The number of carbonyl (C=O) groups is 2. The lowest BCUT2D eigenvalue weighted by atomic mass is 9.72. The second kappa shape index (κ2) is 5.55. The fraction of sp³-hybridized carbons (Fsp3) is 0.800. The van der Waals surface area contributed by atoms with Gasteiger partial charge in [-0.25, -0.2) is 0 Å². The Morgan fingerprint density at radius 1 is 1.24 bits per heavy atom. The monoisotopic (exact) mass is 309 g/mol. The molecule has 3 fully saturated rings. The summed E-state index contributed by atoms with van der Waals surface area (Å²) in [5.74, 6) is 0.336. The molecule has 0 aromatic carbocycles. The highest BCUT2D eigenvalue weighted by Crippen LogP contribution is 2.39. The molecule has 1 aliphatic carbocycles. The van der Waals surface area contributed by atoms with Gasteiger partial charge in [0.2, 0.25) is 11.8 Å². The van der Waals surface area contributed by atoms with Gasteiger partial charge >= 0.3 is 0 Å². The van der Waals surface area contributed by atoms with Crippen LogP contribution in [0.4, 0.5) is 0 Å². The molecule has 2 aliphatic heterocycles. The lowest BCUT2D eigenvalue weighted by Crippen LogP contribution is -2.59. The SMILES string of the molecule is NC(=S)C1(C(=O)N2CCN3C(=O)CCC3C2)CCCCC1. The van der Waals surface area contributed by atoms with Gasteiger partial charge in [-0.15, -0.1) is 0 Å². The van der Waals surface area contributed by atoms with Crippen LogP contribution in [0, 0.1) is 5.41 Å². The van der Waals surface area contributed by atoms with E-state index in [0.29, 0.717) is 31.0 Å². The second-order valence-electron chi connectivity index (χ2n) is 6.54. The zero-order valence-electron chi connectivity index (χ0n) is 12.3. The van der Waals surface area contributed by atoms with Crippen LogP contribution in [-0.4, -0.2) is 52.3 Å². The third-order valence-electron chi connectivity index (χ3n) is 5.37. The fourth-order valence-electron chi connectivity index (χ4n) is 4.07. The summed E-state index contributed by atoms with van der Waals surface area (Å²) in [5, 5.41) is 0. The summed E-state index contributed by atoms with van der Waals surface area (Å²) in [6.45, 7) is 1.92. The number of fused-ring (bicyclic) bond motifs is 1. The van der Waals surface area contributed by atoms with Gasteiger partial charge in [0.15, 0.2) is 0 Å². The number of nitrogens with zero attached hydrogens (tertiary/aromatic N) is 2. The smallest absolute Gasteiger partial charge is 0.235 e. The number of piperazine rings is 1. The quantitative estimate of drug-likeness (QED) is 0.775. The highest BCUT2D eigenvalue weighted by atomic mass is 32.1. The minimum Gasteiger partial charge on any atom is -0.392 e. The van der Waals surface area contributed by atoms with Crippen molar-refractivity contribution in [3.05, 3.63) is 0 Å². The Morgan fingerprint density at radius 3 is 2.62 bits per heavy atom. The van der Waals surface area contributed by atoms with Crippen molar-refractivity contribution in [1.82, 2.24) is 9.80 Å². The highest BCUT2D eigenvalue weighted by Gasteiger charge is 2.47. The molecular formula is C15H23N3O2S. The molecule has 1 saturated carbocycles. The Kier molecular flexibility index (Phi) is 3.90. The van der Waals surface area contributed by atoms with Crippen molar-refractivity contribution >= 4 is 29.0 Å². The molecule has 3 rings (SSSR count). The molecule has 2 saturated heterocycles. The average Bonchev–Trinajstić information content (AvgIpc) is 2.88. The van der Waals surface area contributed by atoms with E-state index in [1.54, 1.807) is 0 Å². The molecule has 0 radical (unpaired) electrons. The van der Waals surface area contributed by atoms with E-state index in [2.05, 4.69) is 0 Å². The molecule has 0 aromatic rings. The standard InChI is InChI=1S/C15H23N3O2S/c16-13(21)15(6-2-1-3-7-15)14(20)17-8-9-18-11(10-17)4-5-12(18)19/h11H,1-10H2,(H2,16,21). The van der Waals surface area contributed by atoms with Crippen molar-refractivity contribution in [2.75, 3.05) is 19.6 Å². The van der Waals surface area contributed by atoms with Gasteiger partial charge in [-0.05, 0) is 19.3 Å². The topological polar surface area (TPSA) is 66.6 Å². The van der Waals surface area contributed by atoms with Crippen molar-refractivity contribution in [2.24, 2.45) is 11.1 Å². The van der Waals surface area contributed by atoms with Gasteiger partial charge in [0.1, 0.15) is 0 Å². The van der Waals surface area contributed by atoms with Gasteiger partial charge in [0.05, 0.1) is 10.4 Å². The lowest BCUT2D eigenvalue weighted by molar-refractivity contribution is -0.145. The maximum absolute atomic E-state index is 13.0. The molecule has 3 aliphatic rings. The van der Waals surface area contributed by atoms with Crippen LogP contribution in [0.3, 0.4) is 0 Å². The molecule has 21 heavy (non-hydrogen) atoms. The zero-order chi connectivity index (χ0) is 15.0. The molecule has 2 amide bonds. The Morgan fingerprint density at radius 2 is 1.95 bits per heavy atom. The number of hydrogen-bond acceptors (Lipinski definition) is 3. The van der Waals surface area contributed by atoms with Crippen LogP contribution in [0.2, 0.25) is 0 Å². The molecule has 1 atom stereocenters. The van der Waals surface area contributed by atoms with Crippen molar-refractivity contribution in [3.63, 3.8) is 0 Å². The first-order valence-corrected chi connectivity index (χ1v) is 8.34. The summed E-state index contributed by atoms with van der Waals surface area (Å²) in [6, 6.07) is 0.196. The second-order valence-corrected chi connectivity index (χ2v) is 6.98. The van der Waals surface area contributed by atoms with Gasteiger partial charge in [0, 0.05) is 32.1 Å². The maximum Gasteiger partial charge on any atom is 0.235 e. The van der Waals surface area contributed by atoms with E-state index >= 15 is 0 Å². The number of nitrogens with two attached hydrogens (primary N) is 1. The Labute approximate surface area is 130 Å². The first kappa shape index (κ1) is 14.8. The molecule has 0 aromatic heterocycles. The van der Waals surface area contributed by atoms with Crippen LogP contribution < -0.4 is 5.73 Å². The molecule has 116 valence electrons. The first-order valence-electron chi connectivity index (χ1n) is 7.93. The van der Waals surface area contributed by atoms with E-state index in [9.17, 15) is 9.59 Å². The van der Waals surface area contributed by atoms with Crippen molar-refractivity contribution in [1.29, 1.82) is 0 Å². The number of carbonyl (C=O) groups excluding carboxylic acids is 2. The van der Waals surface area contributed by atoms with Crippen LogP contribution in [0.1, 0.15) is 44.9 Å². The first-order chi connectivity index (χ1) is 10.0. The summed E-state index contributed by atoms with van der Waals surface area (Å²) >= 11 is 5.25. The molecule has 1 unspecified atom stereocenters. The van der Waals surface area contributed by atoms with Crippen molar-refractivity contribution in [2.45, 2.75) is 51.0 Å². The summed E-state index contributed by atoms with van der Waals surface area (Å²) in [5.41, 5.74) is 5.33. The number of amides is 2. The lowest BCUT2D eigenvalue weighted by Gasteiger charge is -2.43. The van der Waals surface area contributed by atoms with Crippen LogP contribution in [0.25, 0.3) is 0 Å². The van der Waals surface area contributed by atoms with E-state index in [4.69, 9.17) is 18.0 Å². The van der Waals surface area contributed by atoms with Gasteiger partial charge in [-0.2, -0.15) is 0 Å². The maximum atomic E-state index is 13.0. The van der Waals surface area contributed by atoms with Gasteiger partial charge < -0.3 is 15.5 Å². The average molecular weight is 309 g/mol. The minimum absolute atomic E-state index is 0.105. The Hall–Kier alpha value is -1.17. The van der Waals surface area contributed by atoms with Crippen LogP contribution in [0.15, 0.2) is 0 Å². The summed E-state index contributed by atoms with van der Waals surface area (Å²) in [4.78, 5) is 29.0. The van der Waals surface area contributed by atoms with E-state index in [-0.39, 0.29) is 17.9 Å². The molecule has 5 nitrogen and oxygen atoms in total. The number of hydrogen-bond donors (Lipinski definition) is 1. The molecule has 0 spiro atoms. The number of rotatable bonds is 2. The van der Waals surface area contributed by atoms with Crippen molar-refractivity contribution < 1.29 is 9.59 Å².